The average molecular weight is 573 g/mol. The molecule has 0 unspecified atom stereocenters. The lowest BCUT2D eigenvalue weighted by Crippen LogP contribution is -2.46. The van der Waals surface area contributed by atoms with Crippen molar-refractivity contribution in [2.45, 2.75) is 58.2 Å². The number of carboxylic acids is 1. The number of likely N-dealkylation sites (tertiary alicyclic amines) is 1. The van der Waals surface area contributed by atoms with Crippen LogP contribution in [0.3, 0.4) is 0 Å². The van der Waals surface area contributed by atoms with Gasteiger partial charge < -0.3 is 9.84 Å². The van der Waals surface area contributed by atoms with Crippen molar-refractivity contribution in [3.63, 3.8) is 0 Å². The molecule has 1 spiro atoms. The Kier molecular flexibility index (Phi) is 7.12. The van der Waals surface area contributed by atoms with Crippen molar-refractivity contribution in [1.29, 1.82) is 0 Å². The Hall–Kier alpha value is -3.50. The summed E-state index contributed by atoms with van der Waals surface area (Å²) in [6.07, 6.45) is 2.60. The quantitative estimate of drug-likeness (QED) is 0.364. The number of aryl methyl sites for hydroxylation is 1. The van der Waals surface area contributed by atoms with Gasteiger partial charge in [-0.1, -0.05) is 11.6 Å². The molecule has 0 radical (unpaired) electrons. The molecule has 1 amide bonds. The van der Waals surface area contributed by atoms with Gasteiger partial charge in [0.05, 0.1) is 28.4 Å². The standard InChI is InChI=1S/C29H31ClF2N4O4/c1-17-11-19(5-6-20(17)26(37)38)35-16-29(40-27(35)39)7-9-34(10-8-29)14-18-15-36(28(2,3)4)33-25(18)21-12-24(32)22(30)13-23(21)31/h5-6,11-13,15H,7-10,14,16H2,1-4H3,(H,37,38). The van der Waals surface area contributed by atoms with E-state index in [1.165, 1.54) is 6.07 Å². The molecule has 1 N–H and O–H groups in total. The summed E-state index contributed by atoms with van der Waals surface area (Å²) in [5, 5.41) is 13.6. The smallest absolute Gasteiger partial charge is 0.415 e. The van der Waals surface area contributed by atoms with Gasteiger partial charge in [-0.05, 0) is 63.6 Å². The molecule has 40 heavy (non-hydrogen) atoms. The summed E-state index contributed by atoms with van der Waals surface area (Å²) >= 11 is 5.78. The number of hydrogen-bond donors (Lipinski definition) is 1. The van der Waals surface area contributed by atoms with E-state index in [9.17, 15) is 23.5 Å². The van der Waals surface area contributed by atoms with E-state index in [1.54, 1.807) is 28.6 Å². The number of amides is 1. The molecule has 3 aromatic rings. The highest BCUT2D eigenvalue weighted by molar-refractivity contribution is 6.30. The molecule has 2 aliphatic heterocycles. The van der Waals surface area contributed by atoms with Crippen molar-refractivity contribution < 1.29 is 28.2 Å². The number of aromatic carboxylic acids is 1. The Labute approximate surface area is 236 Å². The summed E-state index contributed by atoms with van der Waals surface area (Å²) in [4.78, 5) is 27.9. The molecular formula is C29H31ClF2N4O4. The summed E-state index contributed by atoms with van der Waals surface area (Å²) < 4.78 is 36.8. The van der Waals surface area contributed by atoms with Crippen LogP contribution in [0, 0.1) is 18.6 Å². The number of hydrogen-bond acceptors (Lipinski definition) is 5. The summed E-state index contributed by atoms with van der Waals surface area (Å²) in [5.41, 5.74) is 1.50. The first-order chi connectivity index (χ1) is 18.8. The van der Waals surface area contributed by atoms with E-state index in [0.29, 0.717) is 56.0 Å². The number of halogens is 3. The first-order valence-corrected chi connectivity index (χ1v) is 13.4. The van der Waals surface area contributed by atoms with Crippen LogP contribution in [0.15, 0.2) is 36.5 Å². The molecule has 0 atom stereocenters. The minimum absolute atomic E-state index is 0.0537. The molecule has 2 aliphatic rings. The van der Waals surface area contributed by atoms with Crippen molar-refractivity contribution in [2.75, 3.05) is 24.5 Å². The zero-order valence-electron chi connectivity index (χ0n) is 22.8. The Morgan fingerprint density at radius 3 is 2.48 bits per heavy atom. The average Bonchev–Trinajstić information content (AvgIpc) is 3.44. The molecule has 2 fully saturated rings. The van der Waals surface area contributed by atoms with Crippen molar-refractivity contribution in [3.05, 3.63) is 69.9 Å². The summed E-state index contributed by atoms with van der Waals surface area (Å²) in [6.45, 7) is 9.71. The summed E-state index contributed by atoms with van der Waals surface area (Å²) in [5.74, 6) is -2.37. The number of nitrogens with zero attached hydrogens (tertiary/aromatic N) is 4. The number of piperidine rings is 1. The van der Waals surface area contributed by atoms with Gasteiger partial charge >= 0.3 is 12.1 Å². The van der Waals surface area contributed by atoms with E-state index in [2.05, 4.69) is 10.00 Å². The molecule has 212 valence electrons. The SMILES string of the molecule is Cc1cc(N2CC3(CCN(Cc4cn(C(C)(C)C)nc4-c4cc(F)c(Cl)cc4F)CC3)OC2=O)ccc1C(=O)O. The van der Waals surface area contributed by atoms with Crippen LogP contribution in [0.1, 0.15) is 55.1 Å². The maximum atomic E-state index is 14.9. The van der Waals surface area contributed by atoms with Crippen LogP contribution in [-0.4, -0.2) is 57.1 Å². The van der Waals surface area contributed by atoms with Crippen LogP contribution in [0.5, 0.6) is 0 Å². The van der Waals surface area contributed by atoms with Crippen LogP contribution in [0.25, 0.3) is 11.3 Å². The topological polar surface area (TPSA) is 87.9 Å². The zero-order chi connectivity index (χ0) is 29.0. The number of carbonyl (C=O) groups excluding carboxylic acids is 1. The summed E-state index contributed by atoms with van der Waals surface area (Å²) in [7, 11) is 0. The van der Waals surface area contributed by atoms with E-state index in [0.717, 1.165) is 17.7 Å². The maximum Gasteiger partial charge on any atom is 0.415 e. The van der Waals surface area contributed by atoms with E-state index in [-0.39, 0.29) is 21.7 Å². The van der Waals surface area contributed by atoms with Gasteiger partial charge in [0, 0.05) is 55.5 Å². The highest BCUT2D eigenvalue weighted by Crippen LogP contribution is 2.38. The molecule has 0 aliphatic carbocycles. The van der Waals surface area contributed by atoms with Gasteiger partial charge in [0.2, 0.25) is 0 Å². The van der Waals surface area contributed by atoms with Gasteiger partial charge in [-0.15, -0.1) is 0 Å². The largest absolute Gasteiger partial charge is 0.478 e. The van der Waals surface area contributed by atoms with Gasteiger partial charge in [-0.2, -0.15) is 5.10 Å². The van der Waals surface area contributed by atoms with E-state index in [1.807, 2.05) is 27.0 Å². The monoisotopic (exact) mass is 572 g/mol. The van der Waals surface area contributed by atoms with Gasteiger partial charge in [0.1, 0.15) is 17.2 Å². The highest BCUT2D eigenvalue weighted by atomic mass is 35.5. The number of ether oxygens (including phenoxy) is 1. The highest BCUT2D eigenvalue weighted by Gasteiger charge is 2.47. The van der Waals surface area contributed by atoms with Gasteiger partial charge in [0.25, 0.3) is 0 Å². The van der Waals surface area contributed by atoms with E-state index < -0.39 is 29.3 Å². The lowest BCUT2D eigenvalue weighted by Gasteiger charge is -2.37. The van der Waals surface area contributed by atoms with E-state index in [4.69, 9.17) is 16.3 Å². The first kappa shape index (κ1) is 28.0. The minimum atomic E-state index is -1.02. The second-order valence-corrected chi connectivity index (χ2v) is 12.0. The molecule has 2 aromatic carbocycles. The minimum Gasteiger partial charge on any atom is -0.478 e. The first-order valence-electron chi connectivity index (χ1n) is 13.1. The van der Waals surface area contributed by atoms with Crippen LogP contribution in [-0.2, 0) is 16.8 Å². The van der Waals surface area contributed by atoms with Crippen molar-refractivity contribution in [1.82, 2.24) is 14.7 Å². The van der Waals surface area contributed by atoms with Crippen molar-refractivity contribution in [3.8, 4) is 11.3 Å². The second-order valence-electron chi connectivity index (χ2n) is 11.6. The van der Waals surface area contributed by atoms with Crippen LogP contribution in [0.4, 0.5) is 19.3 Å². The Morgan fingerprint density at radius 2 is 1.85 bits per heavy atom. The number of aromatic nitrogens is 2. The number of benzene rings is 2. The van der Waals surface area contributed by atoms with Gasteiger partial charge in [-0.25, -0.2) is 18.4 Å². The number of rotatable bonds is 5. The van der Waals surface area contributed by atoms with Crippen LogP contribution in [0.2, 0.25) is 5.02 Å². The third-order valence-electron chi connectivity index (χ3n) is 7.63. The predicted octanol–water partition coefficient (Wildman–Crippen LogP) is 6.23. The molecule has 11 heteroatoms. The predicted molar refractivity (Wildman–Crippen MR) is 147 cm³/mol. The van der Waals surface area contributed by atoms with Crippen LogP contribution < -0.4 is 4.90 Å². The molecule has 3 heterocycles. The van der Waals surface area contributed by atoms with Gasteiger partial charge in [-0.3, -0.25) is 14.5 Å². The maximum absolute atomic E-state index is 14.9. The van der Waals surface area contributed by atoms with E-state index >= 15 is 0 Å². The second kappa shape index (κ2) is 10.2. The molecule has 5 rings (SSSR count). The lowest BCUT2D eigenvalue weighted by molar-refractivity contribution is -0.000952. The Bertz CT molecular complexity index is 1490. The normalized spacial score (nSPS) is 17.5. The third-order valence-corrected chi connectivity index (χ3v) is 7.92. The fourth-order valence-corrected chi connectivity index (χ4v) is 5.45. The van der Waals surface area contributed by atoms with Crippen molar-refractivity contribution >= 4 is 29.4 Å². The lowest BCUT2D eigenvalue weighted by atomic mass is 9.91. The van der Waals surface area contributed by atoms with Gasteiger partial charge in [0.15, 0.2) is 0 Å². The number of anilines is 1. The Balaban J connectivity index is 1.33. The molecule has 0 bridgehead atoms. The molecular weight excluding hydrogens is 542 g/mol. The fourth-order valence-electron chi connectivity index (χ4n) is 5.30. The molecule has 1 aromatic heterocycles. The number of carbonyl (C=O) groups is 2. The molecule has 0 saturated carbocycles. The molecule has 8 nitrogen and oxygen atoms in total. The zero-order valence-corrected chi connectivity index (χ0v) is 23.6. The fraction of sp³-hybridized carbons (Fsp3) is 0.414. The summed E-state index contributed by atoms with van der Waals surface area (Å²) in [6, 6.07) is 6.86. The van der Waals surface area contributed by atoms with Crippen LogP contribution >= 0.6 is 11.6 Å². The number of carboxylic acid groups (broad SMARTS) is 1. The van der Waals surface area contributed by atoms with Crippen molar-refractivity contribution in [2.24, 2.45) is 0 Å². The third kappa shape index (κ3) is 5.30. The molecule has 2 saturated heterocycles. The Morgan fingerprint density at radius 1 is 1.15 bits per heavy atom.